The highest BCUT2D eigenvalue weighted by atomic mass is 16.5. The zero-order chi connectivity index (χ0) is 11.5. The number of hydrogen-bond donors (Lipinski definition) is 1. The molecule has 2 heterocycles. The van der Waals surface area contributed by atoms with Crippen LogP contribution in [0, 0.1) is 0 Å². The number of aromatic nitrogens is 1. The van der Waals surface area contributed by atoms with Gasteiger partial charge in [-0.2, -0.15) is 0 Å². The number of likely N-dealkylation sites (tertiary alicyclic amines) is 1. The van der Waals surface area contributed by atoms with Crippen LogP contribution in [0.15, 0.2) is 16.9 Å². The summed E-state index contributed by atoms with van der Waals surface area (Å²) in [6, 6.07) is 0.920. The smallest absolute Gasteiger partial charge is 0.326 e. The molecule has 6 heteroatoms. The van der Waals surface area contributed by atoms with Gasteiger partial charge in [0.15, 0.2) is 0 Å². The van der Waals surface area contributed by atoms with Crippen molar-refractivity contribution in [2.24, 2.45) is 0 Å². The van der Waals surface area contributed by atoms with Crippen molar-refractivity contribution in [2.45, 2.75) is 25.3 Å². The molecule has 1 aliphatic rings. The maximum atomic E-state index is 11.8. The average Bonchev–Trinajstić information content (AvgIpc) is 2.86. The fraction of sp³-hybridized carbons (Fsp3) is 0.500. The number of aliphatic carboxylic acids is 1. The van der Waals surface area contributed by atoms with Gasteiger partial charge in [-0.15, -0.1) is 0 Å². The Morgan fingerprint density at radius 1 is 1.62 bits per heavy atom. The summed E-state index contributed by atoms with van der Waals surface area (Å²) in [5.74, 6) is -1.15. The van der Waals surface area contributed by atoms with Gasteiger partial charge in [-0.25, -0.2) is 4.79 Å². The van der Waals surface area contributed by atoms with Gasteiger partial charge in [0.1, 0.15) is 12.3 Å². The van der Waals surface area contributed by atoms with Crippen molar-refractivity contribution in [3.05, 3.63) is 18.0 Å². The number of carboxylic acids is 1. The number of carbonyl (C=O) groups is 2. The molecule has 86 valence electrons. The zero-order valence-electron chi connectivity index (χ0n) is 8.63. The normalized spacial score (nSPS) is 20.0. The maximum Gasteiger partial charge on any atom is 0.326 e. The molecular formula is C10H12N2O4. The molecule has 1 atom stereocenters. The molecule has 1 aliphatic heterocycles. The summed E-state index contributed by atoms with van der Waals surface area (Å²) in [5, 5.41) is 12.6. The van der Waals surface area contributed by atoms with E-state index >= 15 is 0 Å². The second kappa shape index (κ2) is 4.34. The van der Waals surface area contributed by atoms with Crippen LogP contribution < -0.4 is 0 Å². The molecule has 1 aromatic rings. The molecule has 0 radical (unpaired) electrons. The molecule has 1 saturated heterocycles. The van der Waals surface area contributed by atoms with Crippen molar-refractivity contribution >= 4 is 11.9 Å². The topological polar surface area (TPSA) is 83.6 Å². The lowest BCUT2D eigenvalue weighted by atomic mass is 10.2. The first-order valence-electron chi connectivity index (χ1n) is 5.10. The number of hydrogen-bond acceptors (Lipinski definition) is 4. The molecule has 1 unspecified atom stereocenters. The highest BCUT2D eigenvalue weighted by Gasteiger charge is 2.33. The molecule has 1 amide bonds. The van der Waals surface area contributed by atoms with E-state index in [4.69, 9.17) is 5.11 Å². The number of nitrogens with zero attached hydrogens (tertiary/aromatic N) is 2. The van der Waals surface area contributed by atoms with Gasteiger partial charge < -0.3 is 14.5 Å². The van der Waals surface area contributed by atoms with Crippen molar-refractivity contribution in [2.75, 3.05) is 6.54 Å². The second-order valence-corrected chi connectivity index (χ2v) is 3.75. The Hall–Kier alpha value is -1.85. The van der Waals surface area contributed by atoms with Crippen LogP contribution in [0.5, 0.6) is 0 Å². The molecule has 0 aromatic carbocycles. The lowest BCUT2D eigenvalue weighted by molar-refractivity contribution is -0.148. The van der Waals surface area contributed by atoms with Crippen LogP contribution in [0.4, 0.5) is 0 Å². The minimum Gasteiger partial charge on any atom is -0.480 e. The Morgan fingerprint density at radius 2 is 2.44 bits per heavy atom. The fourth-order valence-electron chi connectivity index (χ4n) is 1.91. The molecule has 0 saturated carbocycles. The highest BCUT2D eigenvalue weighted by Crippen LogP contribution is 2.18. The molecule has 16 heavy (non-hydrogen) atoms. The standard InChI is InChI=1S/C10H12N2O4/c13-9(6-7-3-5-16-11-7)12-4-1-2-8(12)10(14)15/h3,5,8H,1-2,4,6H2,(H,14,15). The molecule has 2 rings (SSSR count). The van der Waals surface area contributed by atoms with E-state index in [9.17, 15) is 9.59 Å². The second-order valence-electron chi connectivity index (χ2n) is 3.75. The minimum atomic E-state index is -0.939. The average molecular weight is 224 g/mol. The van der Waals surface area contributed by atoms with E-state index in [1.54, 1.807) is 6.07 Å². The molecule has 1 aromatic heterocycles. The van der Waals surface area contributed by atoms with E-state index in [0.717, 1.165) is 6.42 Å². The van der Waals surface area contributed by atoms with Gasteiger partial charge in [0.2, 0.25) is 5.91 Å². The summed E-state index contributed by atoms with van der Waals surface area (Å²) in [4.78, 5) is 24.1. The monoisotopic (exact) mass is 224 g/mol. The van der Waals surface area contributed by atoms with Crippen LogP contribution in [0.3, 0.4) is 0 Å². The Balaban J connectivity index is 2.01. The summed E-state index contributed by atoms with van der Waals surface area (Å²) >= 11 is 0. The number of carboxylic acid groups (broad SMARTS) is 1. The summed E-state index contributed by atoms with van der Waals surface area (Å²) in [5.41, 5.74) is 0.529. The van der Waals surface area contributed by atoms with Crippen LogP contribution in [0.25, 0.3) is 0 Å². The van der Waals surface area contributed by atoms with Crippen LogP contribution in [0.1, 0.15) is 18.5 Å². The zero-order valence-corrected chi connectivity index (χ0v) is 8.63. The van der Waals surface area contributed by atoms with E-state index in [0.29, 0.717) is 18.7 Å². The summed E-state index contributed by atoms with van der Waals surface area (Å²) in [6.45, 7) is 0.508. The SMILES string of the molecule is O=C(O)C1CCCN1C(=O)Cc1ccon1. The molecule has 1 N–H and O–H groups in total. The molecule has 6 nitrogen and oxygen atoms in total. The number of carbonyl (C=O) groups excluding carboxylic acids is 1. The molecule has 0 spiro atoms. The van der Waals surface area contributed by atoms with Crippen LogP contribution in [0.2, 0.25) is 0 Å². The van der Waals surface area contributed by atoms with E-state index in [1.807, 2.05) is 0 Å². The third kappa shape index (κ3) is 2.05. The summed E-state index contributed by atoms with van der Waals surface area (Å²) in [7, 11) is 0. The van der Waals surface area contributed by atoms with Crippen LogP contribution >= 0.6 is 0 Å². The third-order valence-electron chi connectivity index (χ3n) is 2.68. The van der Waals surface area contributed by atoms with Gasteiger partial charge in [0.05, 0.1) is 12.1 Å². The lowest BCUT2D eigenvalue weighted by Gasteiger charge is -2.20. The van der Waals surface area contributed by atoms with Crippen LogP contribution in [-0.2, 0) is 16.0 Å². The van der Waals surface area contributed by atoms with Crippen molar-refractivity contribution in [1.29, 1.82) is 0 Å². The van der Waals surface area contributed by atoms with E-state index in [2.05, 4.69) is 9.68 Å². The van der Waals surface area contributed by atoms with Crippen LogP contribution in [-0.4, -0.2) is 39.6 Å². The van der Waals surface area contributed by atoms with Gasteiger partial charge in [-0.3, -0.25) is 4.79 Å². The Morgan fingerprint density at radius 3 is 3.06 bits per heavy atom. The van der Waals surface area contributed by atoms with Gasteiger partial charge in [0, 0.05) is 12.6 Å². The third-order valence-corrected chi connectivity index (χ3v) is 2.68. The lowest BCUT2D eigenvalue weighted by Crippen LogP contribution is -2.41. The predicted molar refractivity (Wildman–Crippen MR) is 52.6 cm³/mol. The van der Waals surface area contributed by atoms with Crippen molar-refractivity contribution in [3.63, 3.8) is 0 Å². The Kier molecular flexibility index (Phi) is 2.89. The first kappa shape index (κ1) is 10.7. The number of rotatable bonds is 3. The van der Waals surface area contributed by atoms with Gasteiger partial charge in [-0.1, -0.05) is 5.16 Å². The molecule has 1 fully saturated rings. The summed E-state index contributed by atoms with van der Waals surface area (Å²) < 4.78 is 4.62. The van der Waals surface area contributed by atoms with Gasteiger partial charge in [0.25, 0.3) is 0 Å². The Bertz CT molecular complexity index is 388. The fourth-order valence-corrected chi connectivity index (χ4v) is 1.91. The van der Waals surface area contributed by atoms with Gasteiger partial charge in [-0.05, 0) is 12.8 Å². The van der Waals surface area contributed by atoms with E-state index in [1.165, 1.54) is 11.2 Å². The maximum absolute atomic E-state index is 11.8. The minimum absolute atomic E-state index is 0.0975. The van der Waals surface area contributed by atoms with Crippen molar-refractivity contribution < 1.29 is 19.2 Å². The quantitative estimate of drug-likeness (QED) is 0.797. The van der Waals surface area contributed by atoms with E-state index in [-0.39, 0.29) is 12.3 Å². The predicted octanol–water partition coefficient (Wildman–Crippen LogP) is 0.293. The number of amides is 1. The Labute approximate surface area is 91.8 Å². The van der Waals surface area contributed by atoms with Crippen molar-refractivity contribution in [1.82, 2.24) is 10.1 Å². The highest BCUT2D eigenvalue weighted by molar-refractivity contribution is 5.85. The first-order valence-corrected chi connectivity index (χ1v) is 5.10. The largest absolute Gasteiger partial charge is 0.480 e. The van der Waals surface area contributed by atoms with Gasteiger partial charge >= 0.3 is 5.97 Å². The first-order chi connectivity index (χ1) is 7.68. The van der Waals surface area contributed by atoms with Crippen molar-refractivity contribution in [3.8, 4) is 0 Å². The molecular weight excluding hydrogens is 212 g/mol. The van der Waals surface area contributed by atoms with E-state index < -0.39 is 12.0 Å². The molecule has 0 aliphatic carbocycles. The summed E-state index contributed by atoms with van der Waals surface area (Å²) in [6.07, 6.45) is 2.75. The molecule has 0 bridgehead atoms.